The summed E-state index contributed by atoms with van der Waals surface area (Å²) in [5.74, 6) is -0.673. The molecule has 4 nitrogen and oxygen atoms in total. The van der Waals surface area contributed by atoms with Crippen molar-refractivity contribution in [3.8, 4) is 0 Å². The number of hydrogen-bond acceptors (Lipinski definition) is 4. The zero-order valence-electron chi connectivity index (χ0n) is 15.2. The second kappa shape index (κ2) is 8.86. The third kappa shape index (κ3) is 4.60. The van der Waals surface area contributed by atoms with Gasteiger partial charge in [-0.15, -0.1) is 0 Å². The quantitative estimate of drug-likeness (QED) is 0.676. The minimum Gasteiger partial charge on any atom is -0.488 e. The number of nitrogens with zero attached hydrogens (tertiary/aromatic N) is 1. The number of aliphatic hydroxyl groups is 2. The maximum absolute atomic E-state index is 13.8. The lowest BCUT2D eigenvalue weighted by molar-refractivity contribution is 0.0956. The number of hydrogen-bond donors (Lipinski definition) is 2. The molecule has 3 rings (SSSR count). The molecule has 2 N–H and O–H groups in total. The van der Waals surface area contributed by atoms with Crippen molar-refractivity contribution in [2.24, 2.45) is 0 Å². The zero-order valence-corrected chi connectivity index (χ0v) is 16.8. The fourth-order valence-corrected chi connectivity index (χ4v) is 3.36. The van der Waals surface area contributed by atoms with E-state index in [9.17, 15) is 13.9 Å². The summed E-state index contributed by atoms with van der Waals surface area (Å²) < 4.78 is 33.3. The van der Waals surface area contributed by atoms with Gasteiger partial charge in [0.25, 0.3) is 0 Å². The predicted molar refractivity (Wildman–Crippen MR) is 107 cm³/mol. The Morgan fingerprint density at radius 3 is 2.54 bits per heavy atom. The first kappa shape index (κ1) is 20.5. The van der Waals surface area contributed by atoms with E-state index in [-0.39, 0.29) is 18.8 Å². The zero-order chi connectivity index (χ0) is 20.3. The molecule has 148 valence electrons. The molecular weight excluding hydrogens is 432 g/mol. The van der Waals surface area contributed by atoms with Crippen LogP contribution in [-0.4, -0.2) is 23.4 Å². The Morgan fingerprint density at radius 1 is 1.18 bits per heavy atom. The first-order chi connectivity index (χ1) is 13.4. The highest BCUT2D eigenvalue weighted by Crippen LogP contribution is 2.31. The van der Waals surface area contributed by atoms with Crippen LogP contribution in [0, 0.1) is 11.6 Å². The monoisotopic (exact) mass is 451 g/mol. The van der Waals surface area contributed by atoms with Crippen LogP contribution in [-0.2, 0) is 11.3 Å². The number of benzene rings is 2. The van der Waals surface area contributed by atoms with Crippen molar-refractivity contribution in [1.29, 1.82) is 0 Å². The van der Waals surface area contributed by atoms with Gasteiger partial charge in [0.1, 0.15) is 30.1 Å². The number of ether oxygens (including phenoxy) is 1. The Kier molecular flexibility index (Phi) is 6.49. The highest BCUT2D eigenvalue weighted by atomic mass is 79.9. The molecule has 0 saturated carbocycles. The van der Waals surface area contributed by atoms with Gasteiger partial charge in [0, 0.05) is 29.1 Å². The molecule has 2 aromatic rings. The minimum absolute atomic E-state index is 0.00588. The van der Waals surface area contributed by atoms with E-state index < -0.39 is 17.7 Å². The molecule has 0 saturated heterocycles. The minimum atomic E-state index is -0.898. The number of anilines is 1. The molecular formula is C21H20BrF2NO3. The molecule has 0 spiro atoms. The lowest BCUT2D eigenvalue weighted by Gasteiger charge is -2.30. The van der Waals surface area contributed by atoms with Gasteiger partial charge in [-0.1, -0.05) is 12.1 Å². The van der Waals surface area contributed by atoms with Crippen molar-refractivity contribution < 1.29 is 23.7 Å². The van der Waals surface area contributed by atoms with Crippen molar-refractivity contribution in [2.45, 2.75) is 19.6 Å². The van der Waals surface area contributed by atoms with Crippen LogP contribution in [0.5, 0.6) is 0 Å². The van der Waals surface area contributed by atoms with Crippen LogP contribution < -0.4 is 4.90 Å². The third-order valence-corrected chi connectivity index (χ3v) is 5.13. The summed E-state index contributed by atoms with van der Waals surface area (Å²) in [6, 6.07) is 10.7. The SMILES string of the molecule is CC1=CC(OCc2ccc(F)cc2F)=C(Br)CN1c1ccc(C(O)CO)cc1. The molecule has 1 aliphatic heterocycles. The second-order valence-electron chi connectivity index (χ2n) is 6.46. The lowest BCUT2D eigenvalue weighted by atomic mass is 10.1. The standard InChI is InChI=1S/C21H20BrF2NO3/c1-13-8-21(28-12-15-2-5-16(23)9-19(15)24)18(22)10-25(13)17-6-3-14(4-7-17)20(27)11-26/h2-9,20,26-27H,10-12H2,1H3. The van der Waals surface area contributed by atoms with E-state index in [1.54, 1.807) is 12.1 Å². The molecule has 1 unspecified atom stereocenters. The molecule has 0 bridgehead atoms. The number of halogens is 3. The van der Waals surface area contributed by atoms with E-state index in [1.165, 1.54) is 12.1 Å². The second-order valence-corrected chi connectivity index (χ2v) is 7.41. The summed E-state index contributed by atoms with van der Waals surface area (Å²) in [6.45, 7) is 2.11. The van der Waals surface area contributed by atoms with Crippen LogP contribution >= 0.6 is 15.9 Å². The van der Waals surface area contributed by atoms with E-state index in [0.29, 0.717) is 17.9 Å². The first-order valence-electron chi connectivity index (χ1n) is 8.69. The largest absolute Gasteiger partial charge is 0.488 e. The Morgan fingerprint density at radius 2 is 1.89 bits per heavy atom. The summed E-state index contributed by atoms with van der Waals surface area (Å²) in [5, 5.41) is 18.7. The first-order valence-corrected chi connectivity index (χ1v) is 9.48. The summed E-state index contributed by atoms with van der Waals surface area (Å²) in [6.07, 6.45) is 0.941. The van der Waals surface area contributed by atoms with Gasteiger partial charge in [-0.2, -0.15) is 0 Å². The molecule has 0 amide bonds. The highest BCUT2D eigenvalue weighted by molar-refractivity contribution is 9.11. The van der Waals surface area contributed by atoms with Crippen LogP contribution in [0.3, 0.4) is 0 Å². The average Bonchev–Trinajstić information content (AvgIpc) is 2.69. The fraction of sp³-hybridized carbons (Fsp3) is 0.238. The van der Waals surface area contributed by atoms with Crippen LogP contribution in [0.15, 0.2) is 64.5 Å². The molecule has 0 radical (unpaired) electrons. The molecule has 0 fully saturated rings. The predicted octanol–water partition coefficient (Wildman–Crippen LogP) is 4.54. The van der Waals surface area contributed by atoms with Gasteiger partial charge in [0.05, 0.1) is 17.6 Å². The normalized spacial score (nSPS) is 15.5. The van der Waals surface area contributed by atoms with Gasteiger partial charge < -0.3 is 19.8 Å². The Balaban J connectivity index is 1.71. The van der Waals surface area contributed by atoms with Crippen LogP contribution in [0.25, 0.3) is 0 Å². The van der Waals surface area contributed by atoms with Gasteiger partial charge in [0.15, 0.2) is 0 Å². The Bertz CT molecular complexity index is 912. The molecule has 7 heteroatoms. The van der Waals surface area contributed by atoms with Crippen molar-refractivity contribution in [2.75, 3.05) is 18.1 Å². The number of aliphatic hydroxyl groups excluding tert-OH is 2. The summed E-state index contributed by atoms with van der Waals surface area (Å²) >= 11 is 3.51. The highest BCUT2D eigenvalue weighted by Gasteiger charge is 2.20. The average molecular weight is 452 g/mol. The molecule has 0 aromatic heterocycles. The van der Waals surface area contributed by atoms with Crippen molar-refractivity contribution in [3.05, 3.63) is 87.2 Å². The van der Waals surface area contributed by atoms with Gasteiger partial charge in [-0.25, -0.2) is 8.78 Å². The Hall–Kier alpha value is -2.22. The van der Waals surface area contributed by atoms with Crippen LogP contribution in [0.2, 0.25) is 0 Å². The van der Waals surface area contributed by atoms with Crippen LogP contribution in [0.4, 0.5) is 14.5 Å². The van der Waals surface area contributed by atoms with E-state index in [1.807, 2.05) is 30.0 Å². The van der Waals surface area contributed by atoms with E-state index in [4.69, 9.17) is 9.84 Å². The molecule has 1 atom stereocenters. The maximum Gasteiger partial charge on any atom is 0.133 e. The van der Waals surface area contributed by atoms with Crippen LogP contribution in [0.1, 0.15) is 24.2 Å². The van der Waals surface area contributed by atoms with Crippen molar-refractivity contribution in [3.63, 3.8) is 0 Å². The smallest absolute Gasteiger partial charge is 0.133 e. The van der Waals surface area contributed by atoms with Gasteiger partial charge >= 0.3 is 0 Å². The summed E-state index contributed by atoms with van der Waals surface area (Å²) in [7, 11) is 0. The summed E-state index contributed by atoms with van der Waals surface area (Å²) in [4.78, 5) is 2.05. The fourth-order valence-electron chi connectivity index (χ4n) is 2.88. The van der Waals surface area contributed by atoms with Gasteiger partial charge in [0.2, 0.25) is 0 Å². The topological polar surface area (TPSA) is 52.9 Å². The summed E-state index contributed by atoms with van der Waals surface area (Å²) in [5.41, 5.74) is 2.77. The molecule has 28 heavy (non-hydrogen) atoms. The lowest BCUT2D eigenvalue weighted by Crippen LogP contribution is -2.26. The van der Waals surface area contributed by atoms with E-state index in [2.05, 4.69) is 15.9 Å². The number of rotatable bonds is 6. The maximum atomic E-state index is 13.8. The van der Waals surface area contributed by atoms with Gasteiger partial charge in [-0.05, 0) is 52.7 Å². The molecule has 2 aromatic carbocycles. The van der Waals surface area contributed by atoms with Crippen molar-refractivity contribution in [1.82, 2.24) is 0 Å². The molecule has 0 aliphatic carbocycles. The third-order valence-electron chi connectivity index (χ3n) is 4.49. The molecule has 1 aliphatic rings. The number of allylic oxidation sites excluding steroid dienone is 2. The Labute approximate surface area is 170 Å². The van der Waals surface area contributed by atoms with E-state index >= 15 is 0 Å². The van der Waals surface area contributed by atoms with Gasteiger partial charge in [-0.3, -0.25) is 0 Å². The molecule has 1 heterocycles. The van der Waals surface area contributed by atoms with E-state index in [0.717, 1.165) is 21.9 Å². The van der Waals surface area contributed by atoms with Crippen molar-refractivity contribution >= 4 is 21.6 Å².